The fourth-order valence-electron chi connectivity index (χ4n) is 4.71. The SMILES string of the molecule is CCNCCN(CC(=O)N(C)N1Cc2ccccc2C1)C(=O)CNc1cc2c(cc1C)C(=O)CC2. The molecule has 0 unspecified atom stereocenters. The van der Waals surface area contributed by atoms with E-state index in [0.717, 1.165) is 35.3 Å². The standard InChI is InChI=1S/C27H35N5O3/c1-4-28-11-12-31(18-27(35)30(3)32-16-21-7-5-6-8-22(21)17-32)26(34)15-29-24-14-20-9-10-25(33)23(20)13-19(24)2/h5-8,13-14,28-29H,4,9-12,15-18H2,1-3H3. The van der Waals surface area contributed by atoms with Gasteiger partial charge in [0.05, 0.1) is 6.54 Å². The van der Waals surface area contributed by atoms with Crippen LogP contribution in [0.15, 0.2) is 36.4 Å². The molecule has 2 aromatic carbocycles. The molecule has 2 amide bonds. The van der Waals surface area contributed by atoms with Gasteiger partial charge in [-0.15, -0.1) is 0 Å². The molecule has 4 rings (SSSR count). The number of hydrogen-bond donors (Lipinski definition) is 2. The van der Waals surface area contributed by atoms with Crippen molar-refractivity contribution in [1.82, 2.24) is 20.2 Å². The Labute approximate surface area is 207 Å². The van der Waals surface area contributed by atoms with E-state index in [4.69, 9.17) is 0 Å². The third-order valence-electron chi connectivity index (χ3n) is 6.90. The van der Waals surface area contributed by atoms with Crippen LogP contribution in [0.5, 0.6) is 0 Å². The van der Waals surface area contributed by atoms with Crippen LogP contribution < -0.4 is 10.6 Å². The van der Waals surface area contributed by atoms with Crippen LogP contribution in [-0.4, -0.2) is 72.3 Å². The van der Waals surface area contributed by atoms with Crippen molar-refractivity contribution in [3.8, 4) is 0 Å². The molecule has 2 aliphatic rings. The number of benzene rings is 2. The van der Waals surface area contributed by atoms with Gasteiger partial charge in [0.15, 0.2) is 5.78 Å². The quantitative estimate of drug-likeness (QED) is 0.511. The molecule has 1 heterocycles. The number of hydrogen-bond acceptors (Lipinski definition) is 6. The predicted molar refractivity (Wildman–Crippen MR) is 136 cm³/mol. The smallest absolute Gasteiger partial charge is 0.256 e. The van der Waals surface area contributed by atoms with Gasteiger partial charge in [0.25, 0.3) is 5.91 Å². The summed E-state index contributed by atoms with van der Waals surface area (Å²) in [7, 11) is 1.77. The second kappa shape index (κ2) is 11.0. The van der Waals surface area contributed by atoms with Gasteiger partial charge in [-0.3, -0.25) is 19.4 Å². The molecular formula is C27H35N5O3. The first-order valence-electron chi connectivity index (χ1n) is 12.3. The van der Waals surface area contributed by atoms with E-state index in [-0.39, 0.29) is 30.7 Å². The maximum atomic E-state index is 13.2. The molecule has 35 heavy (non-hydrogen) atoms. The van der Waals surface area contributed by atoms with E-state index in [1.165, 1.54) is 11.1 Å². The number of anilines is 1. The summed E-state index contributed by atoms with van der Waals surface area (Å²) < 4.78 is 0. The van der Waals surface area contributed by atoms with Crippen LogP contribution in [0.1, 0.15) is 46.0 Å². The molecule has 2 aromatic rings. The van der Waals surface area contributed by atoms with Crippen LogP contribution in [0.4, 0.5) is 5.69 Å². The van der Waals surface area contributed by atoms with E-state index in [1.54, 1.807) is 17.0 Å². The number of carbonyl (C=O) groups excluding carboxylic acids is 3. The molecule has 186 valence electrons. The molecule has 0 atom stereocenters. The first-order valence-corrected chi connectivity index (χ1v) is 12.3. The van der Waals surface area contributed by atoms with Crippen LogP contribution in [0, 0.1) is 6.92 Å². The maximum absolute atomic E-state index is 13.2. The molecule has 0 bridgehead atoms. The number of rotatable bonds is 10. The van der Waals surface area contributed by atoms with E-state index in [9.17, 15) is 14.4 Å². The van der Waals surface area contributed by atoms with Crippen LogP contribution in [0.25, 0.3) is 0 Å². The van der Waals surface area contributed by atoms with Crippen molar-refractivity contribution in [1.29, 1.82) is 0 Å². The van der Waals surface area contributed by atoms with Crippen LogP contribution in [0.2, 0.25) is 0 Å². The summed E-state index contributed by atoms with van der Waals surface area (Å²) in [6.07, 6.45) is 1.29. The number of likely N-dealkylation sites (N-methyl/N-ethyl adjacent to an activating group) is 2. The molecule has 8 nitrogen and oxygen atoms in total. The number of amides is 2. The molecule has 0 aromatic heterocycles. The molecule has 0 saturated carbocycles. The Morgan fingerprint density at radius 3 is 2.43 bits per heavy atom. The highest BCUT2D eigenvalue weighted by Crippen LogP contribution is 2.28. The van der Waals surface area contributed by atoms with Gasteiger partial charge in [0.2, 0.25) is 5.91 Å². The van der Waals surface area contributed by atoms with Crippen molar-refractivity contribution in [3.63, 3.8) is 0 Å². The van der Waals surface area contributed by atoms with Crippen molar-refractivity contribution in [2.45, 2.75) is 39.8 Å². The lowest BCUT2D eigenvalue weighted by atomic mass is 10.0. The second-order valence-electron chi connectivity index (χ2n) is 9.28. The average Bonchev–Trinajstić information content (AvgIpc) is 3.44. The highest BCUT2D eigenvalue weighted by Gasteiger charge is 2.27. The molecule has 8 heteroatoms. The zero-order valence-electron chi connectivity index (χ0n) is 20.9. The normalized spacial score (nSPS) is 14.5. The molecule has 0 spiro atoms. The van der Waals surface area contributed by atoms with E-state index in [0.29, 0.717) is 32.6 Å². The van der Waals surface area contributed by atoms with Crippen molar-refractivity contribution in [3.05, 3.63) is 64.2 Å². The number of aryl methyl sites for hydroxylation is 2. The Morgan fingerprint density at radius 1 is 1.03 bits per heavy atom. The number of nitrogens with one attached hydrogen (secondary N) is 2. The minimum absolute atomic E-state index is 0.0208. The average molecular weight is 478 g/mol. The fourth-order valence-corrected chi connectivity index (χ4v) is 4.71. The van der Waals surface area contributed by atoms with Crippen molar-refractivity contribution in [2.75, 3.05) is 45.1 Å². The third-order valence-corrected chi connectivity index (χ3v) is 6.90. The first-order chi connectivity index (χ1) is 16.9. The highest BCUT2D eigenvalue weighted by molar-refractivity contribution is 6.01. The van der Waals surface area contributed by atoms with Crippen LogP contribution in [-0.2, 0) is 29.1 Å². The Balaban J connectivity index is 1.38. The zero-order chi connectivity index (χ0) is 24.9. The van der Waals surface area contributed by atoms with Gasteiger partial charge in [-0.25, -0.2) is 5.01 Å². The fraction of sp³-hybridized carbons (Fsp3) is 0.444. The van der Waals surface area contributed by atoms with Crippen molar-refractivity contribution in [2.24, 2.45) is 0 Å². The number of nitrogens with zero attached hydrogens (tertiary/aromatic N) is 3. The van der Waals surface area contributed by atoms with Gasteiger partial charge in [0, 0.05) is 50.9 Å². The number of carbonyl (C=O) groups is 3. The summed E-state index contributed by atoms with van der Waals surface area (Å²) in [5, 5.41) is 10.1. The molecule has 0 radical (unpaired) electrons. The summed E-state index contributed by atoms with van der Waals surface area (Å²) in [5.74, 6) is -0.0655. The minimum atomic E-state index is -0.134. The highest BCUT2D eigenvalue weighted by atomic mass is 16.2. The van der Waals surface area contributed by atoms with Crippen molar-refractivity contribution < 1.29 is 14.4 Å². The number of fused-ring (bicyclic) bond motifs is 2. The largest absolute Gasteiger partial charge is 0.376 e. The van der Waals surface area contributed by atoms with Gasteiger partial charge >= 0.3 is 0 Å². The summed E-state index contributed by atoms with van der Waals surface area (Å²) in [6, 6.07) is 12.1. The molecular weight excluding hydrogens is 442 g/mol. The third kappa shape index (κ3) is 5.71. The molecule has 0 fully saturated rings. The monoisotopic (exact) mass is 477 g/mol. The second-order valence-corrected chi connectivity index (χ2v) is 9.28. The van der Waals surface area contributed by atoms with E-state index >= 15 is 0 Å². The topological polar surface area (TPSA) is 85.0 Å². The predicted octanol–water partition coefficient (Wildman–Crippen LogP) is 2.36. The summed E-state index contributed by atoms with van der Waals surface area (Å²) >= 11 is 0. The van der Waals surface area contributed by atoms with Gasteiger partial charge in [-0.05, 0) is 54.3 Å². The van der Waals surface area contributed by atoms with Crippen LogP contribution >= 0.6 is 0 Å². The molecule has 1 aliphatic carbocycles. The zero-order valence-corrected chi connectivity index (χ0v) is 20.9. The lowest BCUT2D eigenvalue weighted by Crippen LogP contribution is -2.49. The maximum Gasteiger partial charge on any atom is 0.256 e. The number of hydrazine groups is 1. The molecule has 0 saturated heterocycles. The van der Waals surface area contributed by atoms with Gasteiger partial charge < -0.3 is 15.5 Å². The van der Waals surface area contributed by atoms with Gasteiger partial charge in [-0.1, -0.05) is 31.2 Å². The molecule has 2 N–H and O–H groups in total. The summed E-state index contributed by atoms with van der Waals surface area (Å²) in [6.45, 7) is 7.30. The first kappa shape index (κ1) is 24.9. The Kier molecular flexibility index (Phi) is 7.83. The Bertz CT molecular complexity index is 1090. The van der Waals surface area contributed by atoms with Gasteiger partial charge in [0.1, 0.15) is 6.54 Å². The molecule has 1 aliphatic heterocycles. The number of Topliss-reactive ketones (excluding diaryl/α,β-unsaturated/α-hetero) is 1. The van der Waals surface area contributed by atoms with E-state index in [1.807, 2.05) is 43.1 Å². The minimum Gasteiger partial charge on any atom is -0.376 e. The summed E-state index contributed by atoms with van der Waals surface area (Å²) in [4.78, 5) is 39.9. The van der Waals surface area contributed by atoms with Crippen LogP contribution in [0.3, 0.4) is 0 Å². The van der Waals surface area contributed by atoms with E-state index < -0.39 is 0 Å². The lowest BCUT2D eigenvalue weighted by Gasteiger charge is -2.31. The lowest BCUT2D eigenvalue weighted by molar-refractivity contribution is -0.151. The number of ketones is 1. The van der Waals surface area contributed by atoms with Crippen molar-refractivity contribution >= 4 is 23.3 Å². The summed E-state index contributed by atoms with van der Waals surface area (Å²) in [5.41, 5.74) is 6.07. The Hall–Kier alpha value is -3.23. The van der Waals surface area contributed by atoms with Gasteiger partial charge in [-0.2, -0.15) is 0 Å². The van der Waals surface area contributed by atoms with E-state index in [2.05, 4.69) is 22.8 Å². The Morgan fingerprint density at radius 2 is 1.74 bits per heavy atom.